The Balaban J connectivity index is 0.000000147. The summed E-state index contributed by atoms with van der Waals surface area (Å²) < 4.78 is 0. The van der Waals surface area contributed by atoms with E-state index in [-0.39, 0.29) is 0 Å². The van der Waals surface area contributed by atoms with Crippen LogP contribution in [0.5, 0.6) is 0 Å². The summed E-state index contributed by atoms with van der Waals surface area (Å²) in [5, 5.41) is 2.62. The highest BCUT2D eigenvalue weighted by molar-refractivity contribution is 5.82. The molecule has 192 valence electrons. The van der Waals surface area contributed by atoms with Crippen LogP contribution in [0.2, 0.25) is 0 Å². The van der Waals surface area contributed by atoms with Gasteiger partial charge in [-0.25, -0.2) is 9.97 Å². The molecule has 8 bridgehead atoms. The van der Waals surface area contributed by atoms with Crippen LogP contribution in [0.15, 0.2) is 133 Å². The molecule has 0 spiro atoms. The van der Waals surface area contributed by atoms with E-state index in [4.69, 9.17) is 0 Å². The zero-order valence-corrected chi connectivity index (χ0v) is 21.9. The van der Waals surface area contributed by atoms with Crippen LogP contribution in [0.4, 0.5) is 0 Å². The number of aromatic nitrogens is 4. The molecule has 2 aliphatic rings. The molecule has 6 aromatic rings. The number of aromatic amines is 2. The summed E-state index contributed by atoms with van der Waals surface area (Å²) in [5.41, 5.74) is 7.86. The molecule has 0 saturated heterocycles. The van der Waals surface area contributed by atoms with Gasteiger partial charge in [-0.3, -0.25) is 0 Å². The average Bonchev–Trinajstić information content (AvgIpc) is 3.82. The summed E-state index contributed by atoms with van der Waals surface area (Å²) in [6, 6.07) is 45.1. The summed E-state index contributed by atoms with van der Waals surface area (Å²) in [6.45, 7) is 0. The minimum absolute atomic E-state index is 0.915. The molecule has 0 radical (unpaired) electrons. The van der Waals surface area contributed by atoms with Gasteiger partial charge in [0.15, 0.2) is 0 Å². The average molecular weight is 517 g/mol. The van der Waals surface area contributed by atoms with Crippen LogP contribution < -0.4 is 0 Å². The van der Waals surface area contributed by atoms with E-state index in [9.17, 15) is 0 Å². The van der Waals surface area contributed by atoms with Gasteiger partial charge in [-0.2, -0.15) is 0 Å². The lowest BCUT2D eigenvalue weighted by Crippen LogP contribution is -1.77. The highest BCUT2D eigenvalue weighted by atomic mass is 14.8. The molecule has 3 aromatic carbocycles. The fraction of sp³-hybridized carbons (Fsp3) is 0. The summed E-state index contributed by atoms with van der Waals surface area (Å²) in [5.74, 6) is 0. The molecular formula is C36H28N4. The number of nitrogens with one attached hydrogen (secondary N) is 2. The summed E-state index contributed by atoms with van der Waals surface area (Å²) in [6.07, 6.45) is 8.05. The largest absolute Gasteiger partial charge is 0.355 e. The fourth-order valence-corrected chi connectivity index (χ4v) is 4.46. The molecule has 0 aliphatic carbocycles. The highest BCUT2D eigenvalue weighted by Gasteiger charge is 2.02. The lowest BCUT2D eigenvalue weighted by Gasteiger charge is -1.92. The summed E-state index contributed by atoms with van der Waals surface area (Å²) >= 11 is 0. The van der Waals surface area contributed by atoms with Gasteiger partial charge in [0, 0.05) is 22.1 Å². The van der Waals surface area contributed by atoms with Gasteiger partial charge in [0.2, 0.25) is 0 Å². The predicted molar refractivity (Wildman–Crippen MR) is 169 cm³/mol. The standard InChI is InChI=1S/C20H14N4.C10H8.C6H6/c1-2-14-10-16-5-6-18(23-16)12-20-8-7-19(24-20)11-17-4-3-15(22-17)9-13(1)21-14;1-2-6-10-8-4-3-7-9(10)5-1;1-2-4-6-5-3-1/h1-12,21-22H;1-8H;1-6H. The number of nitrogens with zero attached hydrogens (tertiary/aromatic N) is 2. The Morgan fingerprint density at radius 1 is 0.325 bits per heavy atom. The molecule has 0 saturated carbocycles. The molecule has 0 atom stereocenters. The SMILES string of the molecule is C1=Cc2cc3ccc(cc4ccc(cc5nc(cc1n2)C=C5)[nH]4)[nH]3.c1ccc2ccccc2c1.c1ccccc1. The zero-order valence-electron chi connectivity index (χ0n) is 21.9. The van der Waals surface area contributed by atoms with E-state index in [2.05, 4.69) is 98.8 Å². The quantitative estimate of drug-likeness (QED) is 0.211. The van der Waals surface area contributed by atoms with Crippen molar-refractivity contribution < 1.29 is 0 Å². The lowest BCUT2D eigenvalue weighted by atomic mass is 10.1. The highest BCUT2D eigenvalue weighted by Crippen LogP contribution is 2.17. The van der Waals surface area contributed by atoms with Crippen LogP contribution in [-0.4, -0.2) is 19.9 Å². The molecule has 3 aromatic heterocycles. The van der Waals surface area contributed by atoms with Crippen LogP contribution >= 0.6 is 0 Å². The van der Waals surface area contributed by atoms with Crippen molar-refractivity contribution in [3.05, 3.63) is 156 Å². The van der Waals surface area contributed by atoms with Crippen LogP contribution in [0.25, 0.3) is 57.1 Å². The van der Waals surface area contributed by atoms with E-state index in [0.717, 1.165) is 44.8 Å². The normalized spacial score (nSPS) is 11.3. The maximum absolute atomic E-state index is 4.62. The van der Waals surface area contributed by atoms with Gasteiger partial charge in [0.25, 0.3) is 0 Å². The summed E-state index contributed by atoms with van der Waals surface area (Å²) in [4.78, 5) is 16.0. The van der Waals surface area contributed by atoms with Crippen molar-refractivity contribution >= 4 is 57.1 Å². The third-order valence-corrected chi connectivity index (χ3v) is 6.37. The van der Waals surface area contributed by atoms with Crippen molar-refractivity contribution in [3.8, 4) is 0 Å². The number of benzene rings is 3. The van der Waals surface area contributed by atoms with Gasteiger partial charge in [-0.05, 0) is 83.6 Å². The van der Waals surface area contributed by atoms with E-state index in [1.807, 2.05) is 78.9 Å². The second-order valence-corrected chi connectivity index (χ2v) is 9.41. The minimum atomic E-state index is 0.915. The fourth-order valence-electron chi connectivity index (χ4n) is 4.46. The molecule has 5 heterocycles. The summed E-state index contributed by atoms with van der Waals surface area (Å²) in [7, 11) is 0. The van der Waals surface area contributed by atoms with Crippen LogP contribution in [0, 0.1) is 0 Å². The van der Waals surface area contributed by atoms with E-state index in [1.54, 1.807) is 0 Å². The maximum Gasteiger partial charge on any atom is 0.0659 e. The monoisotopic (exact) mass is 516 g/mol. The number of hydrogen-bond donors (Lipinski definition) is 2. The van der Waals surface area contributed by atoms with Gasteiger partial charge in [-0.15, -0.1) is 0 Å². The minimum Gasteiger partial charge on any atom is -0.355 e. The van der Waals surface area contributed by atoms with Gasteiger partial charge in [0.05, 0.1) is 22.8 Å². The molecule has 0 amide bonds. The Labute approximate surface area is 233 Å². The van der Waals surface area contributed by atoms with E-state index >= 15 is 0 Å². The molecule has 4 nitrogen and oxygen atoms in total. The van der Waals surface area contributed by atoms with Crippen LogP contribution in [-0.2, 0) is 0 Å². The van der Waals surface area contributed by atoms with Crippen LogP contribution in [0.1, 0.15) is 22.8 Å². The molecule has 0 fully saturated rings. The van der Waals surface area contributed by atoms with Crippen LogP contribution in [0.3, 0.4) is 0 Å². The van der Waals surface area contributed by atoms with Crippen molar-refractivity contribution in [3.63, 3.8) is 0 Å². The molecule has 2 N–H and O–H groups in total. The predicted octanol–water partition coefficient (Wildman–Crippen LogP) is 9.18. The number of rotatable bonds is 0. The van der Waals surface area contributed by atoms with Gasteiger partial charge in [0.1, 0.15) is 0 Å². The Bertz CT molecular complexity index is 1780. The van der Waals surface area contributed by atoms with E-state index < -0.39 is 0 Å². The van der Waals surface area contributed by atoms with Crippen molar-refractivity contribution in [2.75, 3.05) is 0 Å². The Morgan fingerprint density at radius 2 is 0.650 bits per heavy atom. The molecule has 4 heteroatoms. The van der Waals surface area contributed by atoms with Crippen molar-refractivity contribution in [1.29, 1.82) is 0 Å². The second kappa shape index (κ2) is 11.9. The third-order valence-electron chi connectivity index (χ3n) is 6.37. The molecule has 0 unspecified atom stereocenters. The van der Waals surface area contributed by atoms with Gasteiger partial charge < -0.3 is 9.97 Å². The first-order valence-corrected chi connectivity index (χ1v) is 13.3. The first kappa shape index (κ1) is 24.8. The number of fused-ring (bicyclic) bond motifs is 9. The third kappa shape index (κ3) is 6.50. The Kier molecular flexibility index (Phi) is 7.40. The topological polar surface area (TPSA) is 57.4 Å². The van der Waals surface area contributed by atoms with E-state index in [0.29, 0.717) is 0 Å². The smallest absolute Gasteiger partial charge is 0.0659 e. The second-order valence-electron chi connectivity index (χ2n) is 9.41. The maximum atomic E-state index is 4.62. The molecule has 40 heavy (non-hydrogen) atoms. The Morgan fingerprint density at radius 3 is 1.02 bits per heavy atom. The van der Waals surface area contributed by atoms with Gasteiger partial charge >= 0.3 is 0 Å². The van der Waals surface area contributed by atoms with Crippen molar-refractivity contribution in [2.24, 2.45) is 0 Å². The molecular weight excluding hydrogens is 488 g/mol. The number of H-pyrrole nitrogens is 2. The number of hydrogen-bond acceptors (Lipinski definition) is 2. The van der Waals surface area contributed by atoms with E-state index in [1.165, 1.54) is 10.8 Å². The van der Waals surface area contributed by atoms with Crippen molar-refractivity contribution in [1.82, 2.24) is 19.9 Å². The molecule has 2 aliphatic heterocycles. The molecule has 8 rings (SSSR count). The zero-order chi connectivity index (χ0) is 27.0. The first-order chi connectivity index (χ1) is 19.8. The Hall–Kier alpha value is -5.48. The van der Waals surface area contributed by atoms with Crippen molar-refractivity contribution in [2.45, 2.75) is 0 Å². The van der Waals surface area contributed by atoms with Gasteiger partial charge in [-0.1, -0.05) is 84.9 Å². The lowest BCUT2D eigenvalue weighted by molar-refractivity contribution is 1.28. The first-order valence-electron chi connectivity index (χ1n) is 13.3.